The molecule has 0 atom stereocenters. The van der Waals surface area contributed by atoms with Crippen LogP contribution in [0.25, 0.3) is 0 Å². The smallest absolute Gasteiger partial charge is 0.272 e. The standard InChI is InChI=1S/C14H14BrClN2O/c1-8-4-11(5-9(2)13(8)15)17-14(19)12-6-10(16)7-18(12)3/h4-7H,1-3H3,(H,17,19). The van der Waals surface area contributed by atoms with Gasteiger partial charge in [0, 0.05) is 23.4 Å². The summed E-state index contributed by atoms with van der Waals surface area (Å²) in [6.45, 7) is 3.98. The number of halogens is 2. The quantitative estimate of drug-likeness (QED) is 0.867. The van der Waals surface area contributed by atoms with Gasteiger partial charge in [0.1, 0.15) is 5.69 Å². The molecule has 0 fully saturated rings. The van der Waals surface area contributed by atoms with Gasteiger partial charge < -0.3 is 9.88 Å². The molecule has 0 spiro atoms. The van der Waals surface area contributed by atoms with Crippen LogP contribution < -0.4 is 5.32 Å². The van der Waals surface area contributed by atoms with Crippen molar-refractivity contribution in [3.63, 3.8) is 0 Å². The van der Waals surface area contributed by atoms with Gasteiger partial charge >= 0.3 is 0 Å². The zero-order chi connectivity index (χ0) is 14.2. The molecule has 0 aliphatic rings. The number of anilines is 1. The predicted molar refractivity (Wildman–Crippen MR) is 82.0 cm³/mol. The summed E-state index contributed by atoms with van der Waals surface area (Å²) in [6.07, 6.45) is 1.70. The van der Waals surface area contributed by atoms with Gasteiger partial charge in [0.05, 0.1) is 5.02 Å². The molecule has 19 heavy (non-hydrogen) atoms. The summed E-state index contributed by atoms with van der Waals surface area (Å²) < 4.78 is 2.77. The second-order valence-electron chi connectivity index (χ2n) is 4.53. The number of carbonyl (C=O) groups is 1. The Morgan fingerprint density at radius 1 is 1.26 bits per heavy atom. The summed E-state index contributed by atoms with van der Waals surface area (Å²) in [5.74, 6) is -0.171. The lowest BCUT2D eigenvalue weighted by molar-refractivity contribution is 0.101. The van der Waals surface area contributed by atoms with Crippen LogP contribution in [0.2, 0.25) is 5.02 Å². The van der Waals surface area contributed by atoms with E-state index in [2.05, 4.69) is 21.2 Å². The lowest BCUT2D eigenvalue weighted by Crippen LogP contribution is -2.15. The fourth-order valence-electron chi connectivity index (χ4n) is 1.96. The number of hydrogen-bond donors (Lipinski definition) is 1. The average molecular weight is 342 g/mol. The molecular weight excluding hydrogens is 328 g/mol. The highest BCUT2D eigenvalue weighted by atomic mass is 79.9. The SMILES string of the molecule is Cc1cc(NC(=O)c2cc(Cl)cn2C)cc(C)c1Br. The summed E-state index contributed by atoms with van der Waals surface area (Å²) >= 11 is 9.38. The molecular formula is C14H14BrClN2O. The van der Waals surface area contributed by atoms with Crippen LogP contribution in [0, 0.1) is 13.8 Å². The van der Waals surface area contributed by atoms with Gasteiger partial charge in [0.2, 0.25) is 0 Å². The molecule has 0 saturated heterocycles. The van der Waals surface area contributed by atoms with Gasteiger partial charge in [-0.05, 0) is 43.2 Å². The fourth-order valence-corrected chi connectivity index (χ4v) is 2.44. The van der Waals surface area contributed by atoms with Crippen molar-refractivity contribution in [2.45, 2.75) is 13.8 Å². The maximum Gasteiger partial charge on any atom is 0.272 e. The topological polar surface area (TPSA) is 34.0 Å². The number of hydrogen-bond acceptors (Lipinski definition) is 1. The minimum absolute atomic E-state index is 0.171. The van der Waals surface area contributed by atoms with Crippen molar-refractivity contribution in [1.82, 2.24) is 4.57 Å². The third-order valence-corrected chi connectivity index (χ3v) is 4.36. The first-order valence-corrected chi connectivity index (χ1v) is 6.95. The summed E-state index contributed by atoms with van der Waals surface area (Å²) in [6, 6.07) is 5.51. The van der Waals surface area contributed by atoms with Crippen molar-refractivity contribution in [1.29, 1.82) is 0 Å². The minimum atomic E-state index is -0.171. The van der Waals surface area contributed by atoms with Crippen LogP contribution in [-0.4, -0.2) is 10.5 Å². The van der Waals surface area contributed by atoms with E-state index in [1.165, 1.54) is 0 Å². The van der Waals surface area contributed by atoms with E-state index in [9.17, 15) is 4.79 Å². The normalized spacial score (nSPS) is 10.6. The van der Waals surface area contributed by atoms with Crippen LogP contribution in [0.3, 0.4) is 0 Å². The van der Waals surface area contributed by atoms with Crippen LogP contribution in [0.4, 0.5) is 5.69 Å². The van der Waals surface area contributed by atoms with Crippen LogP contribution in [0.5, 0.6) is 0 Å². The second-order valence-corrected chi connectivity index (χ2v) is 5.76. The van der Waals surface area contributed by atoms with E-state index in [4.69, 9.17) is 11.6 Å². The van der Waals surface area contributed by atoms with Gasteiger partial charge in [0.15, 0.2) is 0 Å². The highest BCUT2D eigenvalue weighted by molar-refractivity contribution is 9.10. The van der Waals surface area contributed by atoms with Crippen molar-refractivity contribution in [2.75, 3.05) is 5.32 Å². The minimum Gasteiger partial charge on any atom is -0.345 e. The molecule has 0 aliphatic heterocycles. The monoisotopic (exact) mass is 340 g/mol. The van der Waals surface area contributed by atoms with Gasteiger partial charge in [-0.15, -0.1) is 0 Å². The third kappa shape index (κ3) is 3.01. The largest absolute Gasteiger partial charge is 0.345 e. The number of aromatic nitrogens is 1. The molecule has 5 heteroatoms. The van der Waals surface area contributed by atoms with Gasteiger partial charge in [0.25, 0.3) is 5.91 Å². The molecule has 100 valence electrons. The Morgan fingerprint density at radius 2 is 1.84 bits per heavy atom. The van der Waals surface area contributed by atoms with E-state index in [1.54, 1.807) is 23.9 Å². The van der Waals surface area contributed by atoms with E-state index in [0.717, 1.165) is 21.3 Å². The van der Waals surface area contributed by atoms with Crippen LogP contribution >= 0.6 is 27.5 Å². The summed E-state index contributed by atoms with van der Waals surface area (Å²) in [4.78, 5) is 12.2. The summed E-state index contributed by atoms with van der Waals surface area (Å²) in [5.41, 5.74) is 3.48. The molecule has 0 saturated carbocycles. The van der Waals surface area contributed by atoms with E-state index in [-0.39, 0.29) is 5.91 Å². The Balaban J connectivity index is 2.27. The van der Waals surface area contributed by atoms with Gasteiger partial charge in [-0.1, -0.05) is 27.5 Å². The van der Waals surface area contributed by atoms with Crippen LogP contribution in [0.15, 0.2) is 28.9 Å². The molecule has 1 aromatic carbocycles. The Labute approximate surface area is 125 Å². The number of nitrogens with one attached hydrogen (secondary N) is 1. The molecule has 1 N–H and O–H groups in total. The van der Waals surface area contributed by atoms with Gasteiger partial charge in [-0.25, -0.2) is 0 Å². The van der Waals surface area contributed by atoms with E-state index in [1.807, 2.05) is 26.0 Å². The second kappa shape index (κ2) is 5.39. The van der Waals surface area contributed by atoms with Crippen molar-refractivity contribution in [3.8, 4) is 0 Å². The van der Waals surface area contributed by atoms with Crippen molar-refractivity contribution in [2.24, 2.45) is 7.05 Å². The number of aryl methyl sites for hydroxylation is 3. The molecule has 2 rings (SSSR count). The van der Waals surface area contributed by atoms with Crippen LogP contribution in [-0.2, 0) is 7.05 Å². The van der Waals surface area contributed by atoms with E-state index in [0.29, 0.717) is 10.7 Å². The number of carbonyl (C=O) groups excluding carboxylic acids is 1. The van der Waals surface area contributed by atoms with Crippen molar-refractivity contribution >= 4 is 39.1 Å². The molecule has 0 bridgehead atoms. The molecule has 0 aliphatic carbocycles. The Hall–Kier alpha value is -1.26. The first-order valence-electron chi connectivity index (χ1n) is 5.78. The number of nitrogens with zero attached hydrogens (tertiary/aromatic N) is 1. The Bertz CT molecular complexity index is 626. The van der Waals surface area contributed by atoms with Gasteiger partial charge in [-0.2, -0.15) is 0 Å². The molecule has 1 heterocycles. The molecule has 2 aromatic rings. The predicted octanol–water partition coefficient (Wildman–Crippen LogP) is 4.31. The van der Waals surface area contributed by atoms with Crippen molar-refractivity contribution in [3.05, 3.63) is 50.7 Å². The van der Waals surface area contributed by atoms with Crippen molar-refractivity contribution < 1.29 is 4.79 Å². The highest BCUT2D eigenvalue weighted by Crippen LogP contribution is 2.25. The Kier molecular flexibility index (Phi) is 4.02. The number of benzene rings is 1. The zero-order valence-electron chi connectivity index (χ0n) is 10.9. The van der Waals surface area contributed by atoms with E-state index < -0.39 is 0 Å². The maximum absolute atomic E-state index is 12.2. The van der Waals surface area contributed by atoms with E-state index >= 15 is 0 Å². The molecule has 3 nitrogen and oxygen atoms in total. The molecule has 1 aromatic heterocycles. The molecule has 0 unspecified atom stereocenters. The molecule has 0 radical (unpaired) electrons. The molecule has 1 amide bonds. The summed E-state index contributed by atoms with van der Waals surface area (Å²) in [5, 5.41) is 3.43. The Morgan fingerprint density at radius 3 is 2.32 bits per heavy atom. The third-order valence-electron chi connectivity index (χ3n) is 2.90. The first-order chi connectivity index (χ1) is 8.88. The number of amides is 1. The zero-order valence-corrected chi connectivity index (χ0v) is 13.3. The van der Waals surface area contributed by atoms with Gasteiger partial charge in [-0.3, -0.25) is 4.79 Å². The lowest BCUT2D eigenvalue weighted by atomic mass is 10.1. The fraction of sp³-hybridized carbons (Fsp3) is 0.214. The summed E-state index contributed by atoms with van der Waals surface area (Å²) in [7, 11) is 1.79. The maximum atomic E-state index is 12.2. The van der Waals surface area contributed by atoms with Crippen LogP contribution in [0.1, 0.15) is 21.6 Å². The highest BCUT2D eigenvalue weighted by Gasteiger charge is 2.12. The lowest BCUT2D eigenvalue weighted by Gasteiger charge is -2.10. The first kappa shape index (κ1) is 14.2. The average Bonchev–Trinajstić information content (AvgIpc) is 2.65. The number of rotatable bonds is 2.